The third-order valence-corrected chi connectivity index (χ3v) is 11.9. The van der Waals surface area contributed by atoms with Gasteiger partial charge >= 0.3 is 6.09 Å². The Labute approximate surface area is 261 Å². The number of hydrogen-bond donors (Lipinski definition) is 2. The number of nitriles is 1. The molecule has 0 bridgehead atoms. The number of carbonyl (C=O) groups excluding carboxylic acids is 2. The van der Waals surface area contributed by atoms with E-state index in [1.807, 2.05) is 36.9 Å². The van der Waals surface area contributed by atoms with Gasteiger partial charge in [0.05, 0.1) is 21.4 Å². The number of likely N-dealkylation sites (tertiary alicyclic amines) is 1. The topological polar surface area (TPSA) is 94.5 Å². The first-order chi connectivity index (χ1) is 20.8. The first kappa shape index (κ1) is 30.2. The van der Waals surface area contributed by atoms with E-state index in [9.17, 15) is 19.2 Å². The second kappa shape index (κ2) is 12.7. The Balaban J connectivity index is 1.07. The fraction of sp³-hybridized carbons (Fsp3) is 0.545. The number of hydrogen-bond acceptors (Lipinski definition) is 6. The van der Waals surface area contributed by atoms with Crippen LogP contribution in [0.4, 0.5) is 14.9 Å². The molecule has 2 N–H and O–H groups in total. The van der Waals surface area contributed by atoms with Crippen molar-refractivity contribution in [1.29, 1.82) is 5.26 Å². The lowest BCUT2D eigenvalue weighted by atomic mass is 9.76. The molecule has 3 unspecified atom stereocenters. The largest absolute Gasteiger partial charge is 0.445 e. The third kappa shape index (κ3) is 6.52. The number of nitrogens with one attached hydrogen (secondary N) is 2. The van der Waals surface area contributed by atoms with Crippen LogP contribution < -0.4 is 10.6 Å². The van der Waals surface area contributed by atoms with E-state index < -0.39 is 5.82 Å². The van der Waals surface area contributed by atoms with E-state index in [1.165, 1.54) is 17.7 Å². The van der Waals surface area contributed by atoms with Crippen LogP contribution in [0.5, 0.6) is 0 Å². The van der Waals surface area contributed by atoms with Crippen LogP contribution in [-0.2, 0) is 14.3 Å². The van der Waals surface area contributed by atoms with Crippen molar-refractivity contribution in [2.75, 3.05) is 31.5 Å². The molecule has 4 fully saturated rings. The third-order valence-electron chi connectivity index (χ3n) is 9.80. The number of alkyl carbamates (subject to hydrolysis) is 1. The second-order valence-electron chi connectivity index (χ2n) is 12.4. The maximum atomic E-state index is 13.7. The average molecular weight is 625 g/mol. The lowest BCUT2D eigenvalue weighted by molar-refractivity contribution is -0.118. The van der Waals surface area contributed by atoms with Crippen LogP contribution in [0.1, 0.15) is 56.6 Å². The number of amides is 2. The van der Waals surface area contributed by atoms with Gasteiger partial charge in [0.1, 0.15) is 11.9 Å². The lowest BCUT2D eigenvalue weighted by Crippen LogP contribution is -2.31. The van der Waals surface area contributed by atoms with Crippen molar-refractivity contribution in [2.24, 2.45) is 23.7 Å². The van der Waals surface area contributed by atoms with Gasteiger partial charge in [0.15, 0.2) is 0 Å². The number of halogens is 2. The van der Waals surface area contributed by atoms with Crippen molar-refractivity contribution in [3.63, 3.8) is 0 Å². The molecule has 0 aromatic heterocycles. The quantitative estimate of drug-likeness (QED) is 0.291. The molecule has 2 aliphatic heterocycles. The number of carbonyl (C=O) groups is 2. The van der Waals surface area contributed by atoms with Crippen LogP contribution in [0.15, 0.2) is 42.5 Å². The number of rotatable bonds is 10. The Bertz CT molecular complexity index is 1420. The van der Waals surface area contributed by atoms with Gasteiger partial charge < -0.3 is 15.4 Å². The Morgan fingerprint density at radius 3 is 2.88 bits per heavy atom. The van der Waals surface area contributed by atoms with Gasteiger partial charge in [-0.05, 0) is 106 Å². The summed E-state index contributed by atoms with van der Waals surface area (Å²) in [5.41, 5.74) is 2.49. The second-order valence-corrected chi connectivity index (χ2v) is 14.3. The molecule has 4 aliphatic rings. The molecule has 10 heteroatoms. The number of ether oxygens (including phenoxy) is 1. The summed E-state index contributed by atoms with van der Waals surface area (Å²) < 4.78 is 19.3. The molecule has 0 radical (unpaired) electrons. The molecule has 7 nitrogen and oxygen atoms in total. The van der Waals surface area contributed by atoms with Gasteiger partial charge in [-0.1, -0.05) is 23.7 Å². The first-order valence-electron chi connectivity index (χ1n) is 15.4. The summed E-state index contributed by atoms with van der Waals surface area (Å²) in [7, 11) is 0. The van der Waals surface area contributed by atoms with Crippen molar-refractivity contribution < 1.29 is 18.7 Å². The highest BCUT2D eigenvalue weighted by molar-refractivity contribution is 8.08. The van der Waals surface area contributed by atoms with Gasteiger partial charge in [-0.25, -0.2) is 9.18 Å². The molecule has 2 aromatic carbocycles. The van der Waals surface area contributed by atoms with Crippen molar-refractivity contribution >= 4 is 41.1 Å². The van der Waals surface area contributed by atoms with Crippen LogP contribution >= 0.6 is 23.4 Å². The molecule has 7 atom stereocenters. The van der Waals surface area contributed by atoms with Crippen LogP contribution in [0.3, 0.4) is 0 Å². The highest BCUT2D eigenvalue weighted by atomic mass is 35.5. The zero-order chi connectivity index (χ0) is 30.1. The average Bonchev–Trinajstić information content (AvgIpc) is 3.87. The summed E-state index contributed by atoms with van der Waals surface area (Å²) in [4.78, 5) is 27.7. The zero-order valence-corrected chi connectivity index (χ0v) is 25.9. The van der Waals surface area contributed by atoms with Gasteiger partial charge in [-0.3, -0.25) is 9.69 Å². The highest BCUT2D eigenvalue weighted by Crippen LogP contribution is 2.71. The standard InChI is InChI=1S/C33H38ClFN4O3S/c1-2-37-32(41)42-24-11-14-39(19-24)13-4-7-25-29(30(25)31(40)38-23-8-9-27(35)26(34)17-23)21-10-12-33(28(16-21)43-33)22-6-3-5-20(15-22)18-36/h3,5-6,8-9,15,17,21,24-25,28-30H,2,4,7,10-14,16,19H2,1H3,(H,37,41)(H,38,40)/t21-,24-,25?,28-,29?,30?,33-/m1/s1. The van der Waals surface area contributed by atoms with Crippen LogP contribution in [0.2, 0.25) is 5.02 Å². The van der Waals surface area contributed by atoms with E-state index in [4.69, 9.17) is 16.3 Å². The summed E-state index contributed by atoms with van der Waals surface area (Å²) >= 11 is 8.00. The number of thioether (sulfide) groups is 1. The predicted molar refractivity (Wildman–Crippen MR) is 166 cm³/mol. The molecule has 0 spiro atoms. The molecule has 2 aliphatic carbocycles. The Morgan fingerprint density at radius 1 is 1.26 bits per heavy atom. The summed E-state index contributed by atoms with van der Waals surface area (Å²) in [6, 6.07) is 14.6. The molecule has 2 amide bonds. The minimum Gasteiger partial charge on any atom is -0.445 e. The van der Waals surface area contributed by atoms with Crippen LogP contribution in [-0.4, -0.2) is 54.4 Å². The van der Waals surface area contributed by atoms with Gasteiger partial charge in [0.2, 0.25) is 5.91 Å². The SMILES string of the molecule is CCNC(=O)O[C@@H]1CCN(CCCC2C(C(=O)Nc3ccc(F)c(Cl)c3)C2[C@@H]2CC[C@]3(c4cccc(C#N)c4)S[C@@H]3C2)C1. The summed E-state index contributed by atoms with van der Waals surface area (Å²) in [6.07, 6.45) is 5.58. The highest BCUT2D eigenvalue weighted by Gasteiger charge is 2.64. The zero-order valence-electron chi connectivity index (χ0n) is 24.4. The summed E-state index contributed by atoms with van der Waals surface area (Å²) in [6.45, 7) is 5.00. The number of benzene rings is 2. The molecule has 6 rings (SSSR count). The maximum Gasteiger partial charge on any atom is 0.407 e. The molecule has 2 saturated heterocycles. The summed E-state index contributed by atoms with van der Waals surface area (Å²) in [5.74, 6) is 0.537. The molecule has 228 valence electrons. The van der Waals surface area contributed by atoms with Gasteiger partial charge in [-0.2, -0.15) is 5.26 Å². The minimum absolute atomic E-state index is 0.00313. The first-order valence-corrected chi connectivity index (χ1v) is 16.7. The van der Waals surface area contributed by atoms with E-state index in [2.05, 4.69) is 27.7 Å². The molecular formula is C33H38ClFN4O3S. The molecule has 2 saturated carbocycles. The van der Waals surface area contributed by atoms with E-state index in [0.29, 0.717) is 40.8 Å². The van der Waals surface area contributed by atoms with Crippen molar-refractivity contribution in [2.45, 2.75) is 61.5 Å². The van der Waals surface area contributed by atoms with Gasteiger partial charge in [-0.15, -0.1) is 11.8 Å². The van der Waals surface area contributed by atoms with E-state index in [0.717, 1.165) is 58.2 Å². The Hall–Kier alpha value is -2.80. The van der Waals surface area contributed by atoms with E-state index in [-0.39, 0.29) is 33.8 Å². The Kier molecular flexibility index (Phi) is 8.91. The van der Waals surface area contributed by atoms with E-state index >= 15 is 0 Å². The molecule has 2 heterocycles. The smallest absolute Gasteiger partial charge is 0.407 e. The maximum absolute atomic E-state index is 13.7. The monoisotopic (exact) mass is 624 g/mol. The number of anilines is 1. The lowest BCUT2D eigenvalue weighted by Gasteiger charge is -2.27. The molecule has 43 heavy (non-hydrogen) atoms. The van der Waals surface area contributed by atoms with Gasteiger partial charge in [0.25, 0.3) is 0 Å². The predicted octanol–water partition coefficient (Wildman–Crippen LogP) is 6.56. The summed E-state index contributed by atoms with van der Waals surface area (Å²) in [5, 5.41) is 15.6. The molecule has 2 aromatic rings. The van der Waals surface area contributed by atoms with Crippen LogP contribution in [0, 0.1) is 40.8 Å². The van der Waals surface area contributed by atoms with E-state index in [1.54, 1.807) is 6.07 Å². The van der Waals surface area contributed by atoms with Crippen LogP contribution in [0.25, 0.3) is 0 Å². The Morgan fingerprint density at radius 2 is 2.12 bits per heavy atom. The number of fused-ring (bicyclic) bond motifs is 1. The van der Waals surface area contributed by atoms with Gasteiger partial charge in [0, 0.05) is 36.5 Å². The van der Waals surface area contributed by atoms with Crippen molar-refractivity contribution in [3.05, 3.63) is 64.4 Å². The fourth-order valence-electron chi connectivity index (χ4n) is 7.64. The molecular weight excluding hydrogens is 587 g/mol. The normalized spacial score (nSPS) is 31.0. The minimum atomic E-state index is -0.504. The number of nitrogens with zero attached hydrogens (tertiary/aromatic N) is 2. The fourth-order valence-corrected chi connectivity index (χ4v) is 9.45. The van der Waals surface area contributed by atoms with Crippen molar-refractivity contribution in [1.82, 2.24) is 10.2 Å². The van der Waals surface area contributed by atoms with Crippen molar-refractivity contribution in [3.8, 4) is 6.07 Å².